The Kier molecular flexibility index (Phi) is 9.03. The minimum atomic E-state index is -0.361. The fraction of sp³-hybridized carbons (Fsp3) is 0.344. The van der Waals surface area contributed by atoms with Gasteiger partial charge in [-0.2, -0.15) is 5.26 Å². The number of fused-ring (bicyclic) bond motifs is 1. The molecule has 0 bridgehead atoms. The smallest absolute Gasteiger partial charge is 0.410 e. The van der Waals surface area contributed by atoms with Crippen LogP contribution in [-0.2, 0) is 16.0 Å². The van der Waals surface area contributed by atoms with Gasteiger partial charge >= 0.3 is 6.09 Å². The number of aryl methyl sites for hydroxylation is 1. The molecule has 0 saturated carbocycles. The van der Waals surface area contributed by atoms with Crippen molar-refractivity contribution in [3.05, 3.63) is 71.5 Å². The predicted molar refractivity (Wildman–Crippen MR) is 157 cm³/mol. The van der Waals surface area contributed by atoms with Gasteiger partial charge in [0, 0.05) is 36.8 Å². The zero-order valence-corrected chi connectivity index (χ0v) is 24.2. The molecule has 5 rings (SSSR count). The number of nitriles is 1. The molecule has 41 heavy (non-hydrogen) atoms. The van der Waals surface area contributed by atoms with Crippen LogP contribution in [0.3, 0.4) is 0 Å². The second-order valence-electron chi connectivity index (χ2n) is 10.8. The van der Waals surface area contributed by atoms with E-state index in [-0.39, 0.29) is 18.1 Å². The van der Waals surface area contributed by atoms with Crippen molar-refractivity contribution in [2.75, 3.05) is 20.2 Å². The summed E-state index contributed by atoms with van der Waals surface area (Å²) in [6.45, 7) is 9.42. The van der Waals surface area contributed by atoms with Crippen molar-refractivity contribution in [1.29, 1.82) is 5.26 Å². The topological polar surface area (TPSA) is 110 Å². The number of carbonyl (C=O) groups is 2. The van der Waals surface area contributed by atoms with Gasteiger partial charge in [-0.05, 0) is 52.7 Å². The summed E-state index contributed by atoms with van der Waals surface area (Å²) in [5.41, 5.74) is 5.93. The van der Waals surface area contributed by atoms with E-state index in [4.69, 9.17) is 19.7 Å². The first-order valence-corrected chi connectivity index (χ1v) is 13.6. The standard InChI is InChI=1S/C23H18N4O2.C9H17NO2/c1-15-3-7-18(8-4-15)21-20(17-9-5-16(13-24)6-10-17)26-23(29-2)22-25-19(11-12-28)14-27(21)22;1-9(2,3)12-8(11)10-6-4-5-7-10/h3-10,12,14H,11H2,1-2H3;4-7H2,1-3H3. The molecule has 1 saturated heterocycles. The minimum Gasteiger partial charge on any atom is -0.478 e. The highest BCUT2D eigenvalue weighted by Gasteiger charge is 2.24. The summed E-state index contributed by atoms with van der Waals surface area (Å²) in [6.07, 6.45) is 4.94. The van der Waals surface area contributed by atoms with Crippen molar-refractivity contribution >= 4 is 18.0 Å². The second kappa shape index (κ2) is 12.6. The molecule has 0 N–H and O–H groups in total. The number of hydrogen-bond acceptors (Lipinski definition) is 7. The first-order valence-electron chi connectivity index (χ1n) is 13.6. The molecule has 0 atom stereocenters. The Hall–Kier alpha value is -4.71. The van der Waals surface area contributed by atoms with E-state index in [0.717, 1.165) is 54.6 Å². The first kappa shape index (κ1) is 29.3. The van der Waals surface area contributed by atoms with Crippen LogP contribution in [0, 0.1) is 18.3 Å². The maximum atomic E-state index is 11.4. The van der Waals surface area contributed by atoms with Crippen molar-refractivity contribution in [2.45, 2.75) is 52.6 Å². The van der Waals surface area contributed by atoms with Crippen molar-refractivity contribution < 1.29 is 19.1 Å². The lowest BCUT2D eigenvalue weighted by Gasteiger charge is -2.23. The van der Waals surface area contributed by atoms with Crippen LogP contribution in [0.4, 0.5) is 4.79 Å². The number of likely N-dealkylation sites (tertiary alicyclic amines) is 1. The SMILES string of the molecule is CC(C)(C)OC(=O)N1CCCC1.COc1nc(-c2ccc(C#N)cc2)c(-c2ccc(C)cc2)n2cc(CC=O)nc12. The molecule has 2 aromatic heterocycles. The molecule has 1 aliphatic rings. The van der Waals surface area contributed by atoms with Crippen LogP contribution in [-0.4, -0.2) is 57.4 Å². The van der Waals surface area contributed by atoms with Crippen molar-refractivity contribution in [1.82, 2.24) is 19.3 Å². The van der Waals surface area contributed by atoms with Crippen LogP contribution in [0.5, 0.6) is 5.88 Å². The Labute approximate surface area is 240 Å². The van der Waals surface area contributed by atoms with E-state index < -0.39 is 0 Å². The largest absolute Gasteiger partial charge is 0.478 e. The summed E-state index contributed by atoms with van der Waals surface area (Å²) in [5, 5.41) is 9.11. The fourth-order valence-electron chi connectivity index (χ4n) is 4.51. The number of imidazole rings is 1. The lowest BCUT2D eigenvalue weighted by Crippen LogP contribution is -2.34. The number of benzene rings is 2. The van der Waals surface area contributed by atoms with Gasteiger partial charge in [-0.15, -0.1) is 0 Å². The van der Waals surface area contributed by atoms with Crippen molar-refractivity contribution in [2.24, 2.45) is 0 Å². The summed E-state index contributed by atoms with van der Waals surface area (Å²) in [6, 6.07) is 17.5. The highest BCUT2D eigenvalue weighted by molar-refractivity contribution is 5.82. The van der Waals surface area contributed by atoms with Gasteiger partial charge in [0.1, 0.15) is 11.9 Å². The average Bonchev–Trinajstić information content (AvgIpc) is 3.63. The third-order valence-electron chi connectivity index (χ3n) is 6.48. The Morgan fingerprint density at radius 3 is 2.22 bits per heavy atom. The number of carbonyl (C=O) groups excluding carboxylic acids is 2. The van der Waals surface area contributed by atoms with Crippen LogP contribution in [0.2, 0.25) is 0 Å². The number of rotatable bonds is 5. The van der Waals surface area contributed by atoms with Crippen LogP contribution in [0.25, 0.3) is 28.2 Å². The maximum absolute atomic E-state index is 11.4. The highest BCUT2D eigenvalue weighted by atomic mass is 16.6. The molecule has 0 radical (unpaired) electrons. The number of nitrogens with zero attached hydrogens (tertiary/aromatic N) is 5. The second-order valence-corrected chi connectivity index (χ2v) is 10.8. The highest BCUT2D eigenvalue weighted by Crippen LogP contribution is 2.35. The van der Waals surface area contributed by atoms with Gasteiger partial charge in [0.2, 0.25) is 5.65 Å². The summed E-state index contributed by atoms with van der Waals surface area (Å²) < 4.78 is 12.6. The predicted octanol–water partition coefficient (Wildman–Crippen LogP) is 6.01. The summed E-state index contributed by atoms with van der Waals surface area (Å²) in [4.78, 5) is 33.4. The molecule has 0 aliphatic carbocycles. The van der Waals surface area contributed by atoms with Crippen molar-refractivity contribution in [3.8, 4) is 34.5 Å². The molecule has 212 valence electrons. The van der Waals surface area contributed by atoms with Gasteiger partial charge in [-0.3, -0.25) is 4.40 Å². The van der Waals surface area contributed by atoms with E-state index in [1.54, 1.807) is 24.1 Å². The fourth-order valence-corrected chi connectivity index (χ4v) is 4.51. The number of methoxy groups -OCH3 is 1. The summed E-state index contributed by atoms with van der Waals surface area (Å²) in [5.74, 6) is 0.373. The van der Waals surface area contributed by atoms with Crippen LogP contribution in [0.15, 0.2) is 54.7 Å². The van der Waals surface area contributed by atoms with Crippen LogP contribution >= 0.6 is 0 Å². The molecule has 1 aliphatic heterocycles. The Morgan fingerprint density at radius 2 is 1.66 bits per heavy atom. The van der Waals surface area contributed by atoms with E-state index in [1.807, 2.05) is 74.7 Å². The van der Waals surface area contributed by atoms with E-state index in [9.17, 15) is 9.59 Å². The van der Waals surface area contributed by atoms with Gasteiger partial charge < -0.3 is 19.2 Å². The summed E-state index contributed by atoms with van der Waals surface area (Å²) >= 11 is 0. The number of aldehydes is 1. The monoisotopic (exact) mass is 553 g/mol. The Balaban J connectivity index is 0.000000271. The van der Waals surface area contributed by atoms with Gasteiger partial charge in [0.05, 0.1) is 35.8 Å². The number of amides is 1. The quantitative estimate of drug-likeness (QED) is 0.278. The zero-order valence-electron chi connectivity index (χ0n) is 24.2. The average molecular weight is 554 g/mol. The minimum absolute atomic E-state index is 0.167. The normalized spacial score (nSPS) is 12.8. The van der Waals surface area contributed by atoms with Crippen molar-refractivity contribution in [3.63, 3.8) is 0 Å². The number of hydrogen-bond donors (Lipinski definition) is 0. The third kappa shape index (κ3) is 7.09. The van der Waals surface area contributed by atoms with Gasteiger partial charge in [0.15, 0.2) is 0 Å². The number of ether oxygens (including phenoxy) is 2. The van der Waals surface area contributed by atoms with E-state index in [0.29, 0.717) is 28.5 Å². The molecule has 4 aromatic rings. The van der Waals surface area contributed by atoms with E-state index >= 15 is 0 Å². The molecular formula is C32H35N5O4. The number of aromatic nitrogens is 3. The van der Waals surface area contributed by atoms with E-state index in [2.05, 4.69) is 11.1 Å². The molecule has 3 heterocycles. The molecule has 0 spiro atoms. The van der Waals surface area contributed by atoms with Gasteiger partial charge in [-0.25, -0.2) is 14.8 Å². The lowest BCUT2D eigenvalue weighted by atomic mass is 10.0. The van der Waals surface area contributed by atoms with Gasteiger partial charge in [0.25, 0.3) is 5.88 Å². The summed E-state index contributed by atoms with van der Waals surface area (Å²) in [7, 11) is 1.55. The Morgan fingerprint density at radius 1 is 1.02 bits per heavy atom. The molecule has 2 aromatic carbocycles. The lowest BCUT2D eigenvalue weighted by molar-refractivity contribution is -0.107. The first-order chi connectivity index (χ1) is 19.6. The maximum Gasteiger partial charge on any atom is 0.410 e. The zero-order chi connectivity index (χ0) is 29.6. The molecule has 0 unspecified atom stereocenters. The molecule has 1 amide bonds. The van der Waals surface area contributed by atoms with Crippen LogP contribution < -0.4 is 4.74 Å². The van der Waals surface area contributed by atoms with Gasteiger partial charge in [-0.1, -0.05) is 42.0 Å². The molecule has 9 nitrogen and oxygen atoms in total. The molecule has 1 fully saturated rings. The molecule has 9 heteroatoms. The Bertz CT molecular complexity index is 1560. The van der Waals surface area contributed by atoms with Crippen LogP contribution in [0.1, 0.15) is 50.4 Å². The molecular weight excluding hydrogens is 518 g/mol. The third-order valence-corrected chi connectivity index (χ3v) is 6.48. The van der Waals surface area contributed by atoms with E-state index in [1.165, 1.54) is 0 Å².